The Morgan fingerprint density at radius 3 is 3.00 bits per heavy atom. The van der Waals surface area contributed by atoms with Gasteiger partial charge in [0.25, 0.3) is 0 Å². The summed E-state index contributed by atoms with van der Waals surface area (Å²) < 4.78 is 4.53. The third-order valence-corrected chi connectivity index (χ3v) is 1.90. The van der Waals surface area contributed by atoms with E-state index in [1.54, 1.807) is 0 Å². The average Bonchev–Trinajstić information content (AvgIpc) is 2.50. The Kier molecular flexibility index (Phi) is 2.46. The lowest BCUT2D eigenvalue weighted by molar-refractivity contribution is -0.148. The zero-order chi connectivity index (χ0) is 8.27. The van der Waals surface area contributed by atoms with Crippen molar-refractivity contribution in [2.45, 2.75) is 18.9 Å². The number of nitrogens with zero attached hydrogens (tertiary/aromatic N) is 1. The highest BCUT2D eigenvalue weighted by Crippen LogP contribution is 2.15. The van der Waals surface area contributed by atoms with Gasteiger partial charge in [-0.25, -0.2) is 4.79 Å². The number of hydrogen-bond acceptors (Lipinski definition) is 3. The summed E-state index contributed by atoms with van der Waals surface area (Å²) in [5.41, 5.74) is 0. The molecule has 1 aliphatic heterocycles. The van der Waals surface area contributed by atoms with Gasteiger partial charge in [-0.3, -0.25) is 4.79 Å². The van der Waals surface area contributed by atoms with Gasteiger partial charge < -0.3 is 9.64 Å². The Hall–Kier alpha value is -1.06. The van der Waals surface area contributed by atoms with Crippen LogP contribution in [-0.4, -0.2) is 37.0 Å². The summed E-state index contributed by atoms with van der Waals surface area (Å²) in [6.07, 6.45) is 2.32. The third-order valence-electron chi connectivity index (χ3n) is 1.90. The highest BCUT2D eigenvalue weighted by Gasteiger charge is 2.29. The predicted octanol–water partition coefficient (Wildman–Crippen LogP) is -0.220. The fourth-order valence-electron chi connectivity index (χ4n) is 1.30. The second-order valence-corrected chi connectivity index (χ2v) is 2.52. The lowest BCUT2D eigenvalue weighted by atomic mass is 10.2. The largest absolute Gasteiger partial charge is 0.467 e. The molecule has 0 aromatic carbocycles. The molecule has 0 N–H and O–H groups in total. The van der Waals surface area contributed by atoms with Crippen LogP contribution in [0.2, 0.25) is 0 Å². The number of ether oxygens (including phenoxy) is 1. The first-order valence-corrected chi connectivity index (χ1v) is 3.58. The Labute approximate surface area is 65.1 Å². The maximum atomic E-state index is 11.0. The molecule has 1 amide bonds. The van der Waals surface area contributed by atoms with Gasteiger partial charge in [0.15, 0.2) is 0 Å². The number of carbonyl (C=O) groups is 2. The van der Waals surface area contributed by atoms with Crippen LogP contribution in [-0.2, 0) is 14.3 Å². The van der Waals surface area contributed by atoms with Crippen molar-refractivity contribution in [2.75, 3.05) is 13.7 Å². The molecule has 1 atom stereocenters. The van der Waals surface area contributed by atoms with E-state index in [0.717, 1.165) is 12.8 Å². The summed E-state index contributed by atoms with van der Waals surface area (Å²) in [5, 5.41) is 0. The smallest absolute Gasteiger partial charge is 0.328 e. The van der Waals surface area contributed by atoms with Crippen molar-refractivity contribution in [1.29, 1.82) is 0 Å². The van der Waals surface area contributed by atoms with E-state index in [2.05, 4.69) is 4.74 Å². The molecule has 1 heterocycles. The van der Waals surface area contributed by atoms with E-state index in [0.29, 0.717) is 13.0 Å². The molecular formula is C7H11NO3. The van der Waals surface area contributed by atoms with Gasteiger partial charge in [0, 0.05) is 6.54 Å². The van der Waals surface area contributed by atoms with E-state index in [1.807, 2.05) is 0 Å². The zero-order valence-electron chi connectivity index (χ0n) is 6.45. The van der Waals surface area contributed by atoms with E-state index < -0.39 is 0 Å². The first-order valence-electron chi connectivity index (χ1n) is 3.58. The van der Waals surface area contributed by atoms with E-state index in [4.69, 9.17) is 0 Å². The Morgan fingerprint density at radius 1 is 1.73 bits per heavy atom. The number of likely N-dealkylation sites (tertiary alicyclic amines) is 1. The molecule has 0 saturated carbocycles. The number of hydrogen-bond donors (Lipinski definition) is 0. The van der Waals surface area contributed by atoms with Gasteiger partial charge in [0.2, 0.25) is 6.41 Å². The molecule has 0 unspecified atom stereocenters. The number of rotatable bonds is 2. The van der Waals surface area contributed by atoms with Gasteiger partial charge >= 0.3 is 5.97 Å². The Bertz CT molecular complexity index is 169. The van der Waals surface area contributed by atoms with Crippen molar-refractivity contribution in [3.63, 3.8) is 0 Å². The van der Waals surface area contributed by atoms with E-state index >= 15 is 0 Å². The molecule has 1 fully saturated rings. The van der Waals surface area contributed by atoms with Gasteiger partial charge in [-0.1, -0.05) is 0 Å². The van der Waals surface area contributed by atoms with Gasteiger partial charge in [0.05, 0.1) is 7.11 Å². The molecular weight excluding hydrogens is 146 g/mol. The SMILES string of the molecule is COC(=O)[C@H]1CCCN1C=O. The van der Waals surface area contributed by atoms with Crippen LogP contribution in [0.5, 0.6) is 0 Å². The van der Waals surface area contributed by atoms with Crippen LogP contribution in [0.4, 0.5) is 0 Å². The monoisotopic (exact) mass is 157 g/mol. The predicted molar refractivity (Wildman–Crippen MR) is 37.8 cm³/mol. The molecule has 1 saturated heterocycles. The second kappa shape index (κ2) is 3.37. The maximum absolute atomic E-state index is 11.0. The molecule has 0 aliphatic carbocycles. The van der Waals surface area contributed by atoms with Crippen molar-refractivity contribution in [1.82, 2.24) is 4.90 Å². The quantitative estimate of drug-likeness (QED) is 0.411. The molecule has 0 spiro atoms. The minimum atomic E-state index is -0.336. The maximum Gasteiger partial charge on any atom is 0.328 e. The van der Waals surface area contributed by atoms with Crippen LogP contribution in [0.3, 0.4) is 0 Å². The Balaban J connectivity index is 2.56. The molecule has 11 heavy (non-hydrogen) atoms. The molecule has 0 aromatic rings. The van der Waals surface area contributed by atoms with Crippen LogP contribution in [0.15, 0.2) is 0 Å². The number of amides is 1. The van der Waals surface area contributed by atoms with Gasteiger partial charge in [0.1, 0.15) is 6.04 Å². The van der Waals surface area contributed by atoms with Crippen LogP contribution >= 0.6 is 0 Å². The number of methoxy groups -OCH3 is 1. The average molecular weight is 157 g/mol. The van der Waals surface area contributed by atoms with Crippen molar-refractivity contribution >= 4 is 12.4 Å². The topological polar surface area (TPSA) is 46.6 Å². The van der Waals surface area contributed by atoms with Crippen LogP contribution in [0, 0.1) is 0 Å². The van der Waals surface area contributed by atoms with E-state index in [1.165, 1.54) is 12.0 Å². The summed E-state index contributed by atoms with van der Waals surface area (Å²) in [6.45, 7) is 0.670. The van der Waals surface area contributed by atoms with E-state index in [9.17, 15) is 9.59 Å². The fourth-order valence-corrected chi connectivity index (χ4v) is 1.30. The Morgan fingerprint density at radius 2 is 2.45 bits per heavy atom. The summed E-state index contributed by atoms with van der Waals surface area (Å²) in [6, 6.07) is -0.336. The van der Waals surface area contributed by atoms with Crippen LogP contribution < -0.4 is 0 Å². The first kappa shape index (κ1) is 8.04. The normalized spacial score (nSPS) is 23.4. The van der Waals surface area contributed by atoms with Crippen LogP contribution in [0.25, 0.3) is 0 Å². The molecule has 4 nitrogen and oxygen atoms in total. The third kappa shape index (κ3) is 1.50. The molecule has 4 heteroatoms. The zero-order valence-corrected chi connectivity index (χ0v) is 6.45. The molecule has 1 aliphatic rings. The molecule has 1 rings (SSSR count). The van der Waals surface area contributed by atoms with Crippen molar-refractivity contribution < 1.29 is 14.3 Å². The standard InChI is InChI=1S/C7H11NO3/c1-11-7(10)6-3-2-4-8(6)5-9/h5-6H,2-4H2,1H3/t6-/m1/s1. The molecule has 62 valence electrons. The molecule has 0 bridgehead atoms. The first-order chi connectivity index (χ1) is 5.29. The highest BCUT2D eigenvalue weighted by molar-refractivity contribution is 5.78. The molecule has 0 radical (unpaired) electrons. The summed E-state index contributed by atoms with van der Waals surface area (Å²) in [4.78, 5) is 22.8. The number of carbonyl (C=O) groups excluding carboxylic acids is 2. The van der Waals surface area contributed by atoms with Crippen molar-refractivity contribution in [2.24, 2.45) is 0 Å². The summed E-state index contributed by atoms with van der Waals surface area (Å²) >= 11 is 0. The van der Waals surface area contributed by atoms with Gasteiger partial charge in [-0.05, 0) is 12.8 Å². The second-order valence-electron chi connectivity index (χ2n) is 2.52. The van der Waals surface area contributed by atoms with Crippen molar-refractivity contribution in [3.8, 4) is 0 Å². The summed E-state index contributed by atoms with van der Waals surface area (Å²) in [7, 11) is 1.34. The van der Waals surface area contributed by atoms with Crippen molar-refractivity contribution in [3.05, 3.63) is 0 Å². The van der Waals surface area contributed by atoms with Gasteiger partial charge in [-0.2, -0.15) is 0 Å². The lowest BCUT2D eigenvalue weighted by Crippen LogP contribution is -2.35. The highest BCUT2D eigenvalue weighted by atomic mass is 16.5. The number of esters is 1. The summed E-state index contributed by atoms with van der Waals surface area (Å²) in [5.74, 6) is -0.311. The lowest BCUT2D eigenvalue weighted by Gasteiger charge is -2.16. The van der Waals surface area contributed by atoms with Crippen LogP contribution in [0.1, 0.15) is 12.8 Å². The molecule has 0 aromatic heterocycles. The minimum absolute atomic E-state index is 0.311. The van der Waals surface area contributed by atoms with E-state index in [-0.39, 0.29) is 12.0 Å². The van der Waals surface area contributed by atoms with Gasteiger partial charge in [-0.15, -0.1) is 0 Å². The fraction of sp³-hybridized carbons (Fsp3) is 0.714. The minimum Gasteiger partial charge on any atom is -0.467 e.